The van der Waals surface area contributed by atoms with Crippen LogP contribution < -0.4 is 4.74 Å². The van der Waals surface area contributed by atoms with E-state index < -0.39 is 5.97 Å². The SMILES string of the molecule is C/C=C/Cn1c(C(=O)O)cc2c1C=CN=CC2c1cccc(OC)c1. The summed E-state index contributed by atoms with van der Waals surface area (Å²) in [5.74, 6) is -0.311. The van der Waals surface area contributed by atoms with E-state index >= 15 is 0 Å². The van der Waals surface area contributed by atoms with E-state index in [0.717, 1.165) is 22.6 Å². The van der Waals surface area contributed by atoms with Crippen molar-refractivity contribution < 1.29 is 14.6 Å². The molecule has 2 heterocycles. The van der Waals surface area contributed by atoms with Crippen LogP contribution in [0.3, 0.4) is 0 Å². The topological polar surface area (TPSA) is 63.8 Å². The number of rotatable bonds is 5. The number of nitrogens with zero attached hydrogens (tertiary/aromatic N) is 2. The Labute approximate surface area is 146 Å². The van der Waals surface area contributed by atoms with Crippen LogP contribution in [0.1, 0.15) is 40.2 Å². The van der Waals surface area contributed by atoms with Gasteiger partial charge in [0, 0.05) is 30.6 Å². The molecule has 0 amide bonds. The number of hydrogen-bond donors (Lipinski definition) is 1. The number of carboxylic acids is 1. The zero-order valence-corrected chi connectivity index (χ0v) is 14.2. The average molecular weight is 336 g/mol. The zero-order chi connectivity index (χ0) is 17.8. The van der Waals surface area contributed by atoms with Gasteiger partial charge in [-0.25, -0.2) is 4.79 Å². The highest BCUT2D eigenvalue weighted by Crippen LogP contribution is 2.33. The number of aromatic carboxylic acids is 1. The highest BCUT2D eigenvalue weighted by atomic mass is 16.5. The van der Waals surface area contributed by atoms with Gasteiger partial charge in [-0.15, -0.1) is 0 Å². The fourth-order valence-corrected chi connectivity index (χ4v) is 3.04. The highest BCUT2D eigenvalue weighted by Gasteiger charge is 2.24. The van der Waals surface area contributed by atoms with Crippen LogP contribution in [0, 0.1) is 0 Å². The average Bonchev–Trinajstić information content (AvgIpc) is 2.85. The number of fused-ring (bicyclic) bond motifs is 1. The standard InChI is InChI=1S/C20H20N2O3/c1-3-4-10-22-18-8-9-21-13-17(16(18)12-19(22)20(23)24)14-6-5-7-15(11-14)25-2/h3-9,11-13,17H,10H2,1-2H3,(H,23,24)/b4-3+. The number of methoxy groups -OCH3 is 1. The highest BCUT2D eigenvalue weighted by molar-refractivity contribution is 5.89. The van der Waals surface area contributed by atoms with E-state index in [9.17, 15) is 9.90 Å². The van der Waals surface area contributed by atoms with Crippen molar-refractivity contribution >= 4 is 18.3 Å². The normalized spacial score (nSPS) is 16.0. The van der Waals surface area contributed by atoms with E-state index in [1.165, 1.54) is 0 Å². The lowest BCUT2D eigenvalue weighted by Crippen LogP contribution is -2.09. The molecule has 2 aromatic rings. The molecule has 25 heavy (non-hydrogen) atoms. The smallest absolute Gasteiger partial charge is 0.352 e. The molecule has 1 aromatic heterocycles. The number of aromatic nitrogens is 1. The first-order valence-electron chi connectivity index (χ1n) is 8.07. The van der Waals surface area contributed by atoms with Gasteiger partial charge in [0.05, 0.1) is 7.11 Å². The van der Waals surface area contributed by atoms with Crippen molar-refractivity contribution in [3.05, 3.63) is 71.2 Å². The van der Waals surface area contributed by atoms with Gasteiger partial charge in [-0.1, -0.05) is 24.3 Å². The molecule has 128 valence electrons. The maximum Gasteiger partial charge on any atom is 0.352 e. The van der Waals surface area contributed by atoms with Crippen molar-refractivity contribution in [1.82, 2.24) is 4.57 Å². The molecule has 5 heteroatoms. The molecule has 0 bridgehead atoms. The summed E-state index contributed by atoms with van der Waals surface area (Å²) in [6.45, 7) is 2.42. The summed E-state index contributed by atoms with van der Waals surface area (Å²) in [4.78, 5) is 16.1. The molecule has 0 aliphatic carbocycles. The van der Waals surface area contributed by atoms with Crippen LogP contribution >= 0.6 is 0 Å². The Bertz CT molecular complexity index is 875. The van der Waals surface area contributed by atoms with Crippen LogP contribution in [-0.2, 0) is 6.54 Å². The number of aliphatic imine (C=N–C) groups is 1. The Balaban J connectivity index is 2.16. The summed E-state index contributed by atoms with van der Waals surface area (Å²) in [5.41, 5.74) is 3.07. The Morgan fingerprint density at radius 1 is 1.40 bits per heavy atom. The predicted molar refractivity (Wildman–Crippen MR) is 98.6 cm³/mol. The van der Waals surface area contributed by atoms with Crippen molar-refractivity contribution in [2.45, 2.75) is 19.4 Å². The van der Waals surface area contributed by atoms with E-state index in [1.807, 2.05) is 55.6 Å². The third-order valence-corrected chi connectivity index (χ3v) is 4.25. The number of carboxylic acid groups (broad SMARTS) is 1. The lowest BCUT2D eigenvalue weighted by atomic mass is 9.92. The molecule has 0 spiro atoms. The third kappa shape index (κ3) is 3.26. The second-order valence-corrected chi connectivity index (χ2v) is 5.72. The molecule has 1 unspecified atom stereocenters. The number of benzene rings is 1. The van der Waals surface area contributed by atoms with Crippen LogP contribution in [0.15, 0.2) is 53.7 Å². The monoisotopic (exact) mass is 336 g/mol. The van der Waals surface area contributed by atoms with Crippen LogP contribution in [0.5, 0.6) is 5.75 Å². The summed E-state index contributed by atoms with van der Waals surface area (Å²) in [6, 6.07) is 9.51. The van der Waals surface area contributed by atoms with Crippen molar-refractivity contribution in [3.63, 3.8) is 0 Å². The fourth-order valence-electron chi connectivity index (χ4n) is 3.04. The number of ether oxygens (including phenoxy) is 1. The minimum absolute atomic E-state index is 0.134. The van der Waals surface area contributed by atoms with E-state index in [2.05, 4.69) is 4.99 Å². The Kier molecular flexibility index (Phi) is 4.84. The second kappa shape index (κ2) is 7.21. The van der Waals surface area contributed by atoms with Gasteiger partial charge in [0.1, 0.15) is 11.4 Å². The molecule has 0 saturated carbocycles. The molecule has 1 aliphatic heterocycles. The first-order valence-corrected chi connectivity index (χ1v) is 8.07. The first-order chi connectivity index (χ1) is 12.2. The summed E-state index contributed by atoms with van der Waals surface area (Å²) in [7, 11) is 1.63. The van der Waals surface area contributed by atoms with Crippen LogP contribution in [-0.4, -0.2) is 29.0 Å². The van der Waals surface area contributed by atoms with Crippen LogP contribution in [0.25, 0.3) is 6.08 Å². The van der Waals surface area contributed by atoms with Gasteiger partial charge < -0.3 is 14.4 Å². The lowest BCUT2D eigenvalue weighted by molar-refractivity contribution is 0.0685. The molecule has 1 aliphatic rings. The molecule has 3 rings (SSSR count). The maximum atomic E-state index is 11.7. The van der Waals surface area contributed by atoms with E-state index in [0.29, 0.717) is 6.54 Å². The maximum absolute atomic E-state index is 11.7. The molecule has 0 radical (unpaired) electrons. The van der Waals surface area contributed by atoms with Crippen molar-refractivity contribution in [2.75, 3.05) is 7.11 Å². The lowest BCUT2D eigenvalue weighted by Gasteiger charge is -2.14. The number of hydrogen-bond acceptors (Lipinski definition) is 3. The fraction of sp³-hybridized carbons (Fsp3) is 0.200. The molecule has 0 fully saturated rings. The largest absolute Gasteiger partial charge is 0.497 e. The molecule has 1 aromatic carbocycles. The van der Waals surface area contributed by atoms with Gasteiger partial charge in [-0.3, -0.25) is 4.99 Å². The molecule has 5 nitrogen and oxygen atoms in total. The summed E-state index contributed by atoms with van der Waals surface area (Å²) < 4.78 is 7.12. The summed E-state index contributed by atoms with van der Waals surface area (Å²) >= 11 is 0. The van der Waals surface area contributed by atoms with Crippen molar-refractivity contribution in [2.24, 2.45) is 4.99 Å². The van der Waals surface area contributed by atoms with Gasteiger partial charge in [-0.05, 0) is 42.3 Å². The molecular weight excluding hydrogens is 316 g/mol. The molecule has 1 atom stereocenters. The number of allylic oxidation sites excluding steroid dienone is 2. The van der Waals surface area contributed by atoms with Gasteiger partial charge in [0.25, 0.3) is 0 Å². The van der Waals surface area contributed by atoms with E-state index in [-0.39, 0.29) is 11.6 Å². The Hall–Kier alpha value is -3.08. The van der Waals surface area contributed by atoms with Crippen molar-refractivity contribution in [1.29, 1.82) is 0 Å². The van der Waals surface area contributed by atoms with Gasteiger partial charge >= 0.3 is 5.97 Å². The van der Waals surface area contributed by atoms with Gasteiger partial charge in [0.15, 0.2) is 0 Å². The molecule has 1 N–H and O–H groups in total. The zero-order valence-electron chi connectivity index (χ0n) is 14.2. The molecular formula is C20H20N2O3. The summed E-state index contributed by atoms with van der Waals surface area (Å²) in [5, 5.41) is 9.60. The minimum Gasteiger partial charge on any atom is -0.497 e. The summed E-state index contributed by atoms with van der Waals surface area (Å²) in [6.07, 6.45) is 9.25. The minimum atomic E-state index is -0.938. The van der Waals surface area contributed by atoms with Gasteiger partial charge in [-0.2, -0.15) is 0 Å². The third-order valence-electron chi connectivity index (χ3n) is 4.25. The Morgan fingerprint density at radius 3 is 2.96 bits per heavy atom. The van der Waals surface area contributed by atoms with Gasteiger partial charge in [0.2, 0.25) is 0 Å². The quantitative estimate of drug-likeness (QED) is 0.841. The van der Waals surface area contributed by atoms with Crippen LogP contribution in [0.2, 0.25) is 0 Å². The number of carbonyl (C=O) groups is 1. The van der Waals surface area contributed by atoms with Crippen molar-refractivity contribution in [3.8, 4) is 5.75 Å². The van der Waals surface area contributed by atoms with E-state index in [4.69, 9.17) is 4.74 Å². The molecule has 0 saturated heterocycles. The Morgan fingerprint density at radius 2 is 2.24 bits per heavy atom. The van der Waals surface area contributed by atoms with Crippen LogP contribution in [0.4, 0.5) is 0 Å². The second-order valence-electron chi connectivity index (χ2n) is 5.72. The first kappa shape index (κ1) is 16.8. The van der Waals surface area contributed by atoms with E-state index in [1.54, 1.807) is 23.9 Å². The predicted octanol–water partition coefficient (Wildman–Crippen LogP) is 3.96.